The number of thioether (sulfide) groups is 1. The van der Waals surface area contributed by atoms with E-state index >= 15 is 0 Å². The molecule has 3 heterocycles. The molecule has 0 unspecified atom stereocenters. The highest BCUT2D eigenvalue weighted by Gasteiger charge is 2.19. The van der Waals surface area contributed by atoms with E-state index in [1.807, 2.05) is 48.5 Å². The Morgan fingerprint density at radius 2 is 1.94 bits per heavy atom. The second-order valence-corrected chi connectivity index (χ2v) is 9.44. The Bertz CT molecular complexity index is 1070. The van der Waals surface area contributed by atoms with Crippen LogP contribution < -0.4 is 5.32 Å². The van der Waals surface area contributed by atoms with E-state index in [9.17, 15) is 4.79 Å². The summed E-state index contributed by atoms with van der Waals surface area (Å²) in [6.45, 7) is 1.82. The van der Waals surface area contributed by atoms with Crippen molar-refractivity contribution in [1.29, 1.82) is 0 Å². The maximum atomic E-state index is 13.0. The number of amides is 1. The molecule has 0 radical (unpaired) electrons. The Kier molecular flexibility index (Phi) is 6.55. The molecule has 1 saturated heterocycles. The Labute approximate surface area is 192 Å². The van der Waals surface area contributed by atoms with Gasteiger partial charge in [0.15, 0.2) is 5.82 Å². The Balaban J connectivity index is 1.27. The van der Waals surface area contributed by atoms with Crippen LogP contribution in [0.25, 0.3) is 11.4 Å². The summed E-state index contributed by atoms with van der Waals surface area (Å²) in [5, 5.41) is 11.9. The summed E-state index contributed by atoms with van der Waals surface area (Å²) in [6.07, 6.45) is 7.08. The molecule has 1 atom stereocenters. The van der Waals surface area contributed by atoms with Crippen LogP contribution >= 0.6 is 11.8 Å². The maximum Gasteiger partial charge on any atom is 0.256 e. The summed E-state index contributed by atoms with van der Waals surface area (Å²) in [6, 6.07) is 15.7. The topological polar surface area (TPSA) is 69.0 Å². The number of hydrogen-bond acceptors (Lipinski definition) is 5. The van der Waals surface area contributed by atoms with E-state index < -0.39 is 0 Å². The Hall–Kier alpha value is -2.64. The number of aromatic nitrogens is 3. The number of nitrogens with zero attached hydrogens (tertiary/aromatic N) is 3. The fraction of sp³-hybridized carbons (Fsp3) is 0.400. The van der Waals surface area contributed by atoms with Crippen molar-refractivity contribution in [3.8, 4) is 11.4 Å². The van der Waals surface area contributed by atoms with Gasteiger partial charge in [0.1, 0.15) is 5.82 Å². The predicted octanol–water partition coefficient (Wildman–Crippen LogP) is 5.19. The van der Waals surface area contributed by atoms with Crippen LogP contribution in [0.5, 0.6) is 0 Å². The molecule has 2 aliphatic rings. The number of rotatable bonds is 6. The van der Waals surface area contributed by atoms with Crippen molar-refractivity contribution < 1.29 is 9.53 Å². The van der Waals surface area contributed by atoms with Gasteiger partial charge in [-0.1, -0.05) is 18.6 Å². The van der Waals surface area contributed by atoms with Gasteiger partial charge in [-0.05, 0) is 62.1 Å². The molecule has 1 fully saturated rings. The van der Waals surface area contributed by atoms with Crippen LogP contribution in [-0.4, -0.2) is 39.1 Å². The molecule has 0 bridgehead atoms. The number of benzene rings is 2. The van der Waals surface area contributed by atoms with Gasteiger partial charge in [-0.3, -0.25) is 4.79 Å². The fourth-order valence-corrected chi connectivity index (χ4v) is 5.46. The highest BCUT2D eigenvalue weighted by molar-refractivity contribution is 7.99. The van der Waals surface area contributed by atoms with E-state index in [1.165, 1.54) is 12.8 Å². The van der Waals surface area contributed by atoms with Crippen molar-refractivity contribution in [2.75, 3.05) is 17.7 Å². The van der Waals surface area contributed by atoms with Gasteiger partial charge in [0.05, 0.1) is 11.7 Å². The number of hydrogen-bond donors (Lipinski definition) is 1. The Morgan fingerprint density at radius 1 is 1.06 bits per heavy atom. The van der Waals surface area contributed by atoms with Gasteiger partial charge in [-0.25, -0.2) is 0 Å². The van der Waals surface area contributed by atoms with Crippen LogP contribution in [0.2, 0.25) is 0 Å². The van der Waals surface area contributed by atoms with Gasteiger partial charge < -0.3 is 14.6 Å². The van der Waals surface area contributed by atoms with E-state index in [1.54, 1.807) is 11.8 Å². The molecule has 1 amide bonds. The summed E-state index contributed by atoms with van der Waals surface area (Å²) in [5.41, 5.74) is 2.49. The van der Waals surface area contributed by atoms with Crippen molar-refractivity contribution in [1.82, 2.24) is 14.8 Å². The molecule has 0 spiro atoms. The van der Waals surface area contributed by atoms with Crippen molar-refractivity contribution in [3.05, 3.63) is 59.9 Å². The van der Waals surface area contributed by atoms with Crippen LogP contribution in [0, 0.1) is 0 Å². The minimum Gasteiger partial charge on any atom is -0.377 e. The predicted molar refractivity (Wildman–Crippen MR) is 127 cm³/mol. The number of nitrogens with one attached hydrogen (secondary N) is 1. The van der Waals surface area contributed by atoms with Gasteiger partial charge in [0, 0.05) is 41.5 Å². The number of carbonyl (C=O) groups excluding carboxylic acids is 1. The minimum atomic E-state index is -0.0930. The van der Waals surface area contributed by atoms with Crippen LogP contribution in [0.15, 0.2) is 53.4 Å². The third-order valence-corrected chi connectivity index (χ3v) is 7.30. The lowest BCUT2D eigenvalue weighted by Gasteiger charge is -2.13. The maximum absolute atomic E-state index is 13.0. The number of fused-ring (bicyclic) bond motifs is 1. The number of carbonyl (C=O) groups is 1. The molecular formula is C25H28N4O2S. The number of ether oxygens (including phenoxy) is 1. The molecule has 2 aliphatic heterocycles. The van der Waals surface area contributed by atoms with Crippen LogP contribution in [0.1, 0.15) is 48.3 Å². The molecule has 32 heavy (non-hydrogen) atoms. The third kappa shape index (κ3) is 4.74. The highest BCUT2D eigenvalue weighted by atomic mass is 32.2. The quantitative estimate of drug-likeness (QED) is 0.525. The van der Waals surface area contributed by atoms with Crippen molar-refractivity contribution in [2.45, 2.75) is 56.1 Å². The molecule has 3 aromatic rings. The van der Waals surface area contributed by atoms with Crippen LogP contribution in [0.4, 0.5) is 5.69 Å². The van der Waals surface area contributed by atoms with Gasteiger partial charge >= 0.3 is 0 Å². The summed E-state index contributed by atoms with van der Waals surface area (Å²) < 4.78 is 7.96. The zero-order valence-electron chi connectivity index (χ0n) is 18.1. The van der Waals surface area contributed by atoms with Crippen LogP contribution in [-0.2, 0) is 17.7 Å². The molecule has 1 aromatic heterocycles. The van der Waals surface area contributed by atoms with E-state index in [0.29, 0.717) is 5.56 Å². The van der Waals surface area contributed by atoms with E-state index in [2.05, 4.69) is 20.1 Å². The molecule has 5 rings (SSSR count). The summed E-state index contributed by atoms with van der Waals surface area (Å²) in [4.78, 5) is 14.0. The molecular weight excluding hydrogens is 420 g/mol. The first-order valence-corrected chi connectivity index (χ1v) is 12.4. The summed E-state index contributed by atoms with van der Waals surface area (Å²) >= 11 is 1.69. The number of aryl methyl sites for hydroxylation is 1. The van der Waals surface area contributed by atoms with Gasteiger partial charge in [0.25, 0.3) is 5.91 Å². The highest BCUT2D eigenvalue weighted by Crippen LogP contribution is 2.28. The standard InChI is InChI=1S/C25H28N4O2S/c30-25(21-8-3-4-9-22(21)32-17-20-7-6-16-31-20)26-19-13-11-18(12-14-19)24-28-27-23-10-2-1-5-15-29(23)24/h3-4,8-9,11-14,20H,1-2,5-7,10,15-17H2,(H,26,30)/t20-/m0/s1. The summed E-state index contributed by atoms with van der Waals surface area (Å²) in [7, 11) is 0. The first kappa shape index (κ1) is 21.2. The monoisotopic (exact) mass is 448 g/mol. The smallest absolute Gasteiger partial charge is 0.256 e. The lowest BCUT2D eigenvalue weighted by atomic mass is 10.1. The second-order valence-electron chi connectivity index (χ2n) is 8.38. The summed E-state index contributed by atoms with van der Waals surface area (Å²) in [5.74, 6) is 2.77. The van der Waals surface area contributed by atoms with Gasteiger partial charge in [-0.2, -0.15) is 0 Å². The SMILES string of the molecule is O=C(Nc1ccc(-c2nnc3n2CCCCC3)cc1)c1ccccc1SC[C@@H]1CCCO1. The minimum absolute atomic E-state index is 0.0930. The molecule has 1 N–H and O–H groups in total. The first-order valence-electron chi connectivity index (χ1n) is 11.5. The van der Waals surface area contributed by atoms with Crippen molar-refractivity contribution in [3.63, 3.8) is 0 Å². The lowest BCUT2D eigenvalue weighted by Crippen LogP contribution is -2.14. The molecule has 2 aromatic carbocycles. The zero-order valence-corrected chi connectivity index (χ0v) is 18.9. The fourth-order valence-electron chi connectivity index (χ4n) is 4.34. The van der Waals surface area contributed by atoms with E-state index in [-0.39, 0.29) is 12.0 Å². The van der Waals surface area contributed by atoms with Gasteiger partial charge in [-0.15, -0.1) is 22.0 Å². The average molecular weight is 449 g/mol. The van der Waals surface area contributed by atoms with Crippen molar-refractivity contribution in [2.24, 2.45) is 0 Å². The molecule has 166 valence electrons. The van der Waals surface area contributed by atoms with Crippen LogP contribution in [0.3, 0.4) is 0 Å². The Morgan fingerprint density at radius 3 is 2.78 bits per heavy atom. The molecule has 0 saturated carbocycles. The largest absolute Gasteiger partial charge is 0.377 e. The lowest BCUT2D eigenvalue weighted by molar-refractivity contribution is 0.102. The second kappa shape index (κ2) is 9.88. The number of anilines is 1. The molecule has 7 heteroatoms. The van der Waals surface area contributed by atoms with E-state index in [0.717, 1.165) is 72.4 Å². The average Bonchev–Trinajstić information content (AvgIpc) is 3.43. The third-order valence-electron chi connectivity index (χ3n) is 6.09. The normalized spacial score (nSPS) is 18.2. The molecule has 0 aliphatic carbocycles. The molecule has 6 nitrogen and oxygen atoms in total. The van der Waals surface area contributed by atoms with E-state index in [4.69, 9.17) is 4.74 Å². The van der Waals surface area contributed by atoms with Crippen molar-refractivity contribution >= 4 is 23.4 Å². The first-order chi connectivity index (χ1) is 15.8. The zero-order chi connectivity index (χ0) is 21.8. The van der Waals surface area contributed by atoms with Gasteiger partial charge in [0.2, 0.25) is 0 Å².